The molecule has 0 aliphatic carbocycles. The number of benzene rings is 2. The summed E-state index contributed by atoms with van der Waals surface area (Å²) in [6, 6.07) is 20.4. The summed E-state index contributed by atoms with van der Waals surface area (Å²) < 4.78 is 5.53. The molecule has 0 spiro atoms. The van der Waals surface area contributed by atoms with Gasteiger partial charge in [0.25, 0.3) is 0 Å². The highest BCUT2D eigenvalue weighted by molar-refractivity contribution is 5.85. The van der Waals surface area contributed by atoms with Crippen LogP contribution in [0.4, 0.5) is 0 Å². The first-order valence-corrected chi connectivity index (χ1v) is 7.34. The number of aliphatic hydroxyl groups excluding tert-OH is 1. The summed E-state index contributed by atoms with van der Waals surface area (Å²) in [6.45, 7) is 3.48. The SMILES string of the molecule is CC(NCC(O)COCc1ccccc1)c1ccccc1.Cl. The Morgan fingerprint density at radius 1 is 1.00 bits per heavy atom. The largest absolute Gasteiger partial charge is 0.389 e. The molecule has 0 heterocycles. The highest BCUT2D eigenvalue weighted by Crippen LogP contribution is 2.10. The molecule has 3 nitrogen and oxygen atoms in total. The van der Waals surface area contributed by atoms with Crippen molar-refractivity contribution < 1.29 is 9.84 Å². The fourth-order valence-electron chi connectivity index (χ4n) is 2.12. The second-order valence-corrected chi connectivity index (χ2v) is 5.20. The molecule has 0 saturated carbocycles. The highest BCUT2D eigenvalue weighted by atomic mass is 35.5. The van der Waals surface area contributed by atoms with Crippen LogP contribution in [0.1, 0.15) is 24.1 Å². The van der Waals surface area contributed by atoms with Crippen LogP contribution >= 0.6 is 12.4 Å². The van der Waals surface area contributed by atoms with Gasteiger partial charge in [0, 0.05) is 12.6 Å². The van der Waals surface area contributed by atoms with E-state index in [1.807, 2.05) is 48.5 Å². The monoisotopic (exact) mass is 321 g/mol. The van der Waals surface area contributed by atoms with Gasteiger partial charge in [-0.15, -0.1) is 12.4 Å². The highest BCUT2D eigenvalue weighted by Gasteiger charge is 2.08. The van der Waals surface area contributed by atoms with Crippen molar-refractivity contribution in [3.63, 3.8) is 0 Å². The van der Waals surface area contributed by atoms with Crippen LogP contribution in [0.5, 0.6) is 0 Å². The fraction of sp³-hybridized carbons (Fsp3) is 0.333. The van der Waals surface area contributed by atoms with Gasteiger partial charge in [-0.2, -0.15) is 0 Å². The summed E-state index contributed by atoms with van der Waals surface area (Å²) in [6.07, 6.45) is -0.500. The van der Waals surface area contributed by atoms with Gasteiger partial charge < -0.3 is 15.2 Å². The van der Waals surface area contributed by atoms with E-state index < -0.39 is 6.10 Å². The molecule has 0 aliphatic heterocycles. The van der Waals surface area contributed by atoms with E-state index in [9.17, 15) is 5.11 Å². The third-order valence-electron chi connectivity index (χ3n) is 3.38. The van der Waals surface area contributed by atoms with Crippen molar-refractivity contribution in [2.24, 2.45) is 0 Å². The average Bonchev–Trinajstić information content (AvgIpc) is 2.54. The maximum absolute atomic E-state index is 9.94. The van der Waals surface area contributed by atoms with Crippen molar-refractivity contribution >= 4 is 12.4 Å². The van der Waals surface area contributed by atoms with Gasteiger partial charge >= 0.3 is 0 Å². The van der Waals surface area contributed by atoms with Crippen LogP contribution in [0, 0.1) is 0 Å². The third kappa shape index (κ3) is 6.58. The molecule has 2 rings (SSSR count). The van der Waals surface area contributed by atoms with E-state index in [0.29, 0.717) is 19.8 Å². The molecule has 2 aromatic carbocycles. The quantitative estimate of drug-likeness (QED) is 0.783. The summed E-state index contributed by atoms with van der Waals surface area (Å²) in [5, 5.41) is 13.3. The number of rotatable bonds is 8. The van der Waals surface area contributed by atoms with Crippen LogP contribution in [0.15, 0.2) is 60.7 Å². The lowest BCUT2D eigenvalue weighted by molar-refractivity contribution is 0.0278. The predicted molar refractivity (Wildman–Crippen MR) is 92.2 cm³/mol. The van der Waals surface area contributed by atoms with Gasteiger partial charge in [-0.05, 0) is 18.1 Å². The Kier molecular flexibility index (Phi) is 8.78. The van der Waals surface area contributed by atoms with Gasteiger partial charge in [-0.25, -0.2) is 0 Å². The minimum Gasteiger partial charge on any atom is -0.389 e. The predicted octanol–water partition coefficient (Wildman–Crippen LogP) is 3.34. The van der Waals surface area contributed by atoms with Gasteiger partial charge in [-0.3, -0.25) is 0 Å². The number of nitrogens with one attached hydrogen (secondary N) is 1. The summed E-state index contributed by atoms with van der Waals surface area (Å²) in [5.74, 6) is 0. The van der Waals surface area contributed by atoms with Crippen LogP contribution < -0.4 is 5.32 Å². The van der Waals surface area contributed by atoms with E-state index in [0.717, 1.165) is 5.56 Å². The number of aliphatic hydroxyl groups is 1. The number of halogens is 1. The topological polar surface area (TPSA) is 41.5 Å². The Bertz CT molecular complexity index is 507. The van der Waals surface area contributed by atoms with Gasteiger partial charge in [0.2, 0.25) is 0 Å². The maximum atomic E-state index is 9.94. The first kappa shape index (κ1) is 18.7. The van der Waals surface area contributed by atoms with Crippen LogP contribution in [0.3, 0.4) is 0 Å². The molecule has 2 unspecified atom stereocenters. The van der Waals surface area contributed by atoms with Gasteiger partial charge in [0.1, 0.15) is 0 Å². The minimum atomic E-state index is -0.500. The Morgan fingerprint density at radius 3 is 2.23 bits per heavy atom. The van der Waals surface area contributed by atoms with Crippen molar-refractivity contribution in [2.45, 2.75) is 25.7 Å². The molecule has 4 heteroatoms. The lowest BCUT2D eigenvalue weighted by atomic mass is 10.1. The average molecular weight is 322 g/mol. The smallest absolute Gasteiger partial charge is 0.0898 e. The first-order chi connectivity index (χ1) is 10.3. The second-order valence-electron chi connectivity index (χ2n) is 5.20. The van der Waals surface area contributed by atoms with Crippen molar-refractivity contribution in [2.75, 3.05) is 13.2 Å². The molecule has 0 fully saturated rings. The van der Waals surface area contributed by atoms with Gasteiger partial charge in [0.15, 0.2) is 0 Å². The van der Waals surface area contributed by atoms with Crippen LogP contribution in [0.2, 0.25) is 0 Å². The van der Waals surface area contributed by atoms with Crippen LogP contribution in [0.25, 0.3) is 0 Å². The molecule has 0 aromatic heterocycles. The van der Waals surface area contributed by atoms with E-state index in [-0.39, 0.29) is 18.4 Å². The molecule has 0 amide bonds. The third-order valence-corrected chi connectivity index (χ3v) is 3.38. The molecule has 120 valence electrons. The van der Waals surface area contributed by atoms with Gasteiger partial charge in [0.05, 0.1) is 19.3 Å². The lowest BCUT2D eigenvalue weighted by Gasteiger charge is -2.17. The van der Waals surface area contributed by atoms with E-state index in [1.54, 1.807) is 0 Å². The molecule has 2 atom stereocenters. The zero-order chi connectivity index (χ0) is 14.9. The van der Waals surface area contributed by atoms with Gasteiger partial charge in [-0.1, -0.05) is 60.7 Å². The lowest BCUT2D eigenvalue weighted by Crippen LogP contribution is -2.32. The van der Waals surface area contributed by atoms with Crippen molar-refractivity contribution in [3.8, 4) is 0 Å². The first-order valence-electron chi connectivity index (χ1n) is 7.34. The Hall–Kier alpha value is -1.39. The van der Waals surface area contributed by atoms with E-state index in [1.165, 1.54) is 5.56 Å². The zero-order valence-electron chi connectivity index (χ0n) is 12.8. The minimum absolute atomic E-state index is 0. The van der Waals surface area contributed by atoms with E-state index >= 15 is 0 Å². The summed E-state index contributed by atoms with van der Waals surface area (Å²) in [4.78, 5) is 0. The summed E-state index contributed by atoms with van der Waals surface area (Å²) >= 11 is 0. The molecule has 0 radical (unpaired) electrons. The Balaban J connectivity index is 0.00000242. The summed E-state index contributed by atoms with van der Waals surface area (Å²) in [7, 11) is 0. The molecular weight excluding hydrogens is 298 g/mol. The van der Waals surface area contributed by atoms with Crippen LogP contribution in [-0.4, -0.2) is 24.4 Å². The molecule has 0 aliphatic rings. The fourth-order valence-corrected chi connectivity index (χ4v) is 2.12. The van der Waals surface area contributed by atoms with E-state index in [2.05, 4.69) is 24.4 Å². The van der Waals surface area contributed by atoms with Crippen LogP contribution in [-0.2, 0) is 11.3 Å². The van der Waals surface area contributed by atoms with Crippen molar-refractivity contribution in [1.82, 2.24) is 5.32 Å². The molecular formula is C18H24ClNO2. The number of ether oxygens (including phenoxy) is 1. The molecule has 22 heavy (non-hydrogen) atoms. The second kappa shape index (κ2) is 10.4. The summed E-state index contributed by atoms with van der Waals surface area (Å²) in [5.41, 5.74) is 2.34. The van der Waals surface area contributed by atoms with Crippen molar-refractivity contribution in [3.05, 3.63) is 71.8 Å². The molecule has 0 saturated heterocycles. The Morgan fingerprint density at radius 2 is 1.59 bits per heavy atom. The standard InChI is InChI=1S/C18H23NO2.ClH/c1-15(17-10-6-3-7-11-17)19-12-18(20)14-21-13-16-8-4-2-5-9-16;/h2-11,15,18-20H,12-14H2,1H3;1H. The Labute approximate surface area is 138 Å². The molecule has 2 aromatic rings. The maximum Gasteiger partial charge on any atom is 0.0898 e. The normalized spacial score (nSPS) is 13.2. The molecule has 0 bridgehead atoms. The van der Waals surface area contributed by atoms with E-state index in [4.69, 9.17) is 4.74 Å². The van der Waals surface area contributed by atoms with Crippen molar-refractivity contribution in [1.29, 1.82) is 0 Å². The number of hydrogen-bond donors (Lipinski definition) is 2. The number of hydrogen-bond acceptors (Lipinski definition) is 3. The zero-order valence-corrected chi connectivity index (χ0v) is 13.6. The molecule has 2 N–H and O–H groups in total.